The summed E-state index contributed by atoms with van der Waals surface area (Å²) in [6.45, 7) is 7.27. The van der Waals surface area contributed by atoms with Gasteiger partial charge in [0.05, 0.1) is 0 Å². The molecule has 0 aromatic rings. The van der Waals surface area contributed by atoms with Gasteiger partial charge in [-0.15, -0.1) is 0 Å². The molecule has 0 heterocycles. The second-order valence-electron chi connectivity index (χ2n) is 3.99. The lowest BCUT2D eigenvalue weighted by molar-refractivity contribution is 0.0510. The number of carbonyl (C=O) groups is 1. The van der Waals surface area contributed by atoms with E-state index in [1.165, 1.54) is 6.21 Å². The highest BCUT2D eigenvalue weighted by Gasteiger charge is 2.16. The number of hydrogen-bond donors (Lipinski definition) is 2. The lowest BCUT2D eigenvalue weighted by Gasteiger charge is -2.21. The lowest BCUT2D eigenvalue weighted by Crippen LogP contribution is -2.37. The first-order valence-electron chi connectivity index (χ1n) is 4.33. The average molecular weight is 186 g/mol. The molecule has 0 aliphatic carbocycles. The maximum atomic E-state index is 11.1. The molecule has 0 aliphatic rings. The van der Waals surface area contributed by atoms with Gasteiger partial charge in [0.15, 0.2) is 0 Å². The molecule has 0 rings (SSSR count). The van der Waals surface area contributed by atoms with E-state index in [2.05, 4.69) is 5.32 Å². The summed E-state index contributed by atoms with van der Waals surface area (Å²) in [6.07, 6.45) is 1.36. The fraction of sp³-hybridized carbons (Fsp3) is 0.778. The summed E-state index contributed by atoms with van der Waals surface area (Å²) in [5.74, 6) is 0. The molecule has 4 nitrogen and oxygen atoms in total. The van der Waals surface area contributed by atoms with Crippen molar-refractivity contribution in [2.24, 2.45) is 0 Å². The summed E-state index contributed by atoms with van der Waals surface area (Å²) >= 11 is 0. The number of nitrogens with one attached hydrogen (secondary N) is 2. The Labute approximate surface area is 79.2 Å². The number of rotatable bonds is 3. The van der Waals surface area contributed by atoms with Gasteiger partial charge in [-0.25, -0.2) is 4.79 Å². The Morgan fingerprint density at radius 3 is 2.54 bits per heavy atom. The minimum atomic E-state index is -0.464. The van der Waals surface area contributed by atoms with Crippen LogP contribution in [-0.2, 0) is 4.74 Å². The molecule has 0 unspecified atom stereocenters. The van der Waals surface area contributed by atoms with E-state index in [4.69, 9.17) is 10.1 Å². The summed E-state index contributed by atoms with van der Waals surface area (Å²) in [5, 5.41) is 9.47. The molecule has 0 aliphatic heterocycles. The smallest absolute Gasteiger partial charge is 0.407 e. The Bertz CT molecular complexity index is 185. The van der Waals surface area contributed by atoms with E-state index < -0.39 is 11.7 Å². The quantitative estimate of drug-likeness (QED) is 0.661. The first-order valence-corrected chi connectivity index (χ1v) is 4.33. The van der Waals surface area contributed by atoms with Crippen LogP contribution in [0.5, 0.6) is 0 Å². The zero-order valence-corrected chi connectivity index (χ0v) is 8.68. The Morgan fingerprint density at radius 1 is 1.62 bits per heavy atom. The maximum Gasteiger partial charge on any atom is 0.407 e. The predicted molar refractivity (Wildman–Crippen MR) is 52.2 cm³/mol. The van der Waals surface area contributed by atoms with Gasteiger partial charge in [-0.3, -0.25) is 0 Å². The van der Waals surface area contributed by atoms with Crippen LogP contribution >= 0.6 is 0 Å². The average Bonchev–Trinajstić information content (AvgIpc) is 1.81. The number of carbonyl (C=O) groups excluding carboxylic acids is 1. The minimum absolute atomic E-state index is 0.0488. The summed E-state index contributed by atoms with van der Waals surface area (Å²) in [5.41, 5.74) is -0.464. The summed E-state index contributed by atoms with van der Waals surface area (Å²) < 4.78 is 5.03. The fourth-order valence-corrected chi connectivity index (χ4v) is 0.744. The van der Waals surface area contributed by atoms with E-state index in [-0.39, 0.29) is 6.04 Å². The lowest BCUT2D eigenvalue weighted by atomic mass is 10.2. The van der Waals surface area contributed by atoms with Crippen molar-refractivity contribution < 1.29 is 9.53 Å². The van der Waals surface area contributed by atoms with Gasteiger partial charge in [0.25, 0.3) is 0 Å². The highest BCUT2D eigenvalue weighted by molar-refractivity contribution is 5.68. The Kier molecular flexibility index (Phi) is 4.45. The van der Waals surface area contributed by atoms with Gasteiger partial charge in [0, 0.05) is 12.5 Å². The van der Waals surface area contributed by atoms with Gasteiger partial charge < -0.3 is 15.5 Å². The van der Waals surface area contributed by atoms with Crippen molar-refractivity contribution in [1.82, 2.24) is 5.32 Å². The zero-order chi connectivity index (χ0) is 10.5. The molecule has 0 fully saturated rings. The number of hydrogen-bond acceptors (Lipinski definition) is 3. The van der Waals surface area contributed by atoms with E-state index in [0.29, 0.717) is 6.42 Å². The van der Waals surface area contributed by atoms with Crippen molar-refractivity contribution >= 4 is 12.3 Å². The number of amides is 1. The molecule has 0 saturated heterocycles. The first kappa shape index (κ1) is 11.9. The molecule has 0 radical (unpaired) electrons. The molecule has 0 aromatic heterocycles. The summed E-state index contributed by atoms with van der Waals surface area (Å²) in [7, 11) is 0. The third-order valence-corrected chi connectivity index (χ3v) is 1.23. The van der Waals surface area contributed by atoms with Gasteiger partial charge >= 0.3 is 6.09 Å². The Hall–Kier alpha value is -1.06. The molecular formula is C9H18N2O2. The SMILES string of the molecule is C[C@H](CC=N)NC(=O)OC(C)(C)C. The molecule has 0 spiro atoms. The monoisotopic (exact) mass is 186 g/mol. The van der Waals surface area contributed by atoms with Crippen LogP contribution in [0.4, 0.5) is 4.79 Å². The third kappa shape index (κ3) is 7.31. The second-order valence-corrected chi connectivity index (χ2v) is 3.99. The molecular weight excluding hydrogens is 168 g/mol. The molecule has 2 N–H and O–H groups in total. The van der Waals surface area contributed by atoms with E-state index in [0.717, 1.165) is 0 Å². The van der Waals surface area contributed by atoms with E-state index >= 15 is 0 Å². The zero-order valence-electron chi connectivity index (χ0n) is 8.68. The number of ether oxygens (including phenoxy) is 1. The van der Waals surface area contributed by atoms with Gasteiger partial charge in [-0.05, 0) is 33.9 Å². The highest BCUT2D eigenvalue weighted by atomic mass is 16.6. The first-order chi connectivity index (χ1) is 5.85. The van der Waals surface area contributed by atoms with Crippen molar-refractivity contribution in [2.75, 3.05) is 0 Å². The van der Waals surface area contributed by atoms with Crippen molar-refractivity contribution in [3.05, 3.63) is 0 Å². The van der Waals surface area contributed by atoms with Crippen LogP contribution in [0.15, 0.2) is 0 Å². The predicted octanol–water partition coefficient (Wildman–Crippen LogP) is 1.94. The van der Waals surface area contributed by atoms with E-state index in [1.54, 1.807) is 0 Å². The van der Waals surface area contributed by atoms with Gasteiger partial charge in [0.1, 0.15) is 5.60 Å². The van der Waals surface area contributed by atoms with Crippen LogP contribution in [0.1, 0.15) is 34.1 Å². The largest absolute Gasteiger partial charge is 0.444 e. The van der Waals surface area contributed by atoms with Gasteiger partial charge in [0.2, 0.25) is 0 Å². The van der Waals surface area contributed by atoms with Crippen molar-refractivity contribution in [3.63, 3.8) is 0 Å². The summed E-state index contributed by atoms with van der Waals surface area (Å²) in [6, 6.07) is -0.0488. The standard InChI is InChI=1S/C9H18N2O2/c1-7(5-6-10)11-8(12)13-9(2,3)4/h6-7,10H,5H2,1-4H3,(H,11,12)/t7-/m1/s1. The van der Waals surface area contributed by atoms with Crippen molar-refractivity contribution in [3.8, 4) is 0 Å². The molecule has 0 aromatic carbocycles. The normalized spacial score (nSPS) is 13.2. The summed E-state index contributed by atoms with van der Waals surface area (Å²) in [4.78, 5) is 11.1. The molecule has 76 valence electrons. The van der Waals surface area contributed by atoms with Gasteiger partial charge in [-0.2, -0.15) is 0 Å². The maximum absolute atomic E-state index is 11.1. The second kappa shape index (κ2) is 4.84. The topological polar surface area (TPSA) is 62.2 Å². The Morgan fingerprint density at radius 2 is 2.15 bits per heavy atom. The minimum Gasteiger partial charge on any atom is -0.444 e. The van der Waals surface area contributed by atoms with Crippen LogP contribution < -0.4 is 5.32 Å². The fourth-order valence-electron chi connectivity index (χ4n) is 0.744. The van der Waals surface area contributed by atoms with Crippen LogP contribution in [0.2, 0.25) is 0 Å². The Balaban J connectivity index is 3.81. The molecule has 13 heavy (non-hydrogen) atoms. The molecule has 0 bridgehead atoms. The van der Waals surface area contributed by atoms with Crippen LogP contribution in [0.25, 0.3) is 0 Å². The van der Waals surface area contributed by atoms with E-state index in [1.807, 2.05) is 27.7 Å². The van der Waals surface area contributed by atoms with E-state index in [9.17, 15) is 4.79 Å². The molecule has 0 saturated carbocycles. The van der Waals surface area contributed by atoms with Crippen molar-refractivity contribution in [2.45, 2.75) is 45.8 Å². The third-order valence-electron chi connectivity index (χ3n) is 1.23. The molecule has 4 heteroatoms. The number of alkyl carbamates (subject to hydrolysis) is 1. The van der Waals surface area contributed by atoms with Crippen molar-refractivity contribution in [1.29, 1.82) is 5.41 Å². The van der Waals surface area contributed by atoms with Gasteiger partial charge in [-0.1, -0.05) is 0 Å². The highest BCUT2D eigenvalue weighted by Crippen LogP contribution is 2.06. The van der Waals surface area contributed by atoms with Crippen LogP contribution in [0.3, 0.4) is 0 Å². The molecule has 1 atom stereocenters. The van der Waals surface area contributed by atoms with Crippen LogP contribution in [0, 0.1) is 5.41 Å². The molecule has 1 amide bonds. The van der Waals surface area contributed by atoms with Crippen LogP contribution in [-0.4, -0.2) is 24.0 Å².